The Kier molecular flexibility index (Phi) is 7.13. The van der Waals surface area contributed by atoms with Crippen LogP contribution in [-0.2, 0) is 14.2 Å². The summed E-state index contributed by atoms with van der Waals surface area (Å²) in [4.78, 5) is 0. The molecule has 0 spiro atoms. The van der Waals surface area contributed by atoms with E-state index >= 15 is 0 Å². The fourth-order valence-electron chi connectivity index (χ4n) is 1.90. The van der Waals surface area contributed by atoms with Gasteiger partial charge in [-0.05, 0) is 19.8 Å². The van der Waals surface area contributed by atoms with E-state index in [1.165, 1.54) is 0 Å². The summed E-state index contributed by atoms with van der Waals surface area (Å²) in [6.07, 6.45) is 5.31. The molecular formula is C14H26O4. The molecule has 0 fully saturated rings. The standard InChI is InChI=1S/C14H26O4/c1-4-6-8-16-12-10-13(15)18-11(3)14(12)17-9-7-5-2/h10-12,14-15H,4-9H2,1-3H3. The molecule has 4 nitrogen and oxygen atoms in total. The fourth-order valence-corrected chi connectivity index (χ4v) is 1.90. The fraction of sp³-hybridized carbons (Fsp3) is 0.857. The number of aliphatic hydroxyl groups excluding tert-OH is 1. The molecule has 0 bridgehead atoms. The van der Waals surface area contributed by atoms with E-state index in [1.807, 2.05) is 6.92 Å². The largest absolute Gasteiger partial charge is 0.481 e. The molecule has 0 saturated heterocycles. The summed E-state index contributed by atoms with van der Waals surface area (Å²) in [6.45, 7) is 7.54. The van der Waals surface area contributed by atoms with Gasteiger partial charge in [0, 0.05) is 19.3 Å². The molecule has 18 heavy (non-hydrogen) atoms. The zero-order valence-corrected chi connectivity index (χ0v) is 11.7. The lowest BCUT2D eigenvalue weighted by Gasteiger charge is -2.33. The molecule has 1 aliphatic rings. The van der Waals surface area contributed by atoms with Crippen LogP contribution in [0.3, 0.4) is 0 Å². The number of hydrogen-bond donors (Lipinski definition) is 1. The summed E-state index contributed by atoms with van der Waals surface area (Å²) in [5.74, 6) is -0.0562. The summed E-state index contributed by atoms with van der Waals surface area (Å²) < 4.78 is 16.9. The van der Waals surface area contributed by atoms with E-state index in [9.17, 15) is 5.11 Å². The summed E-state index contributed by atoms with van der Waals surface area (Å²) in [7, 11) is 0. The molecule has 106 valence electrons. The van der Waals surface area contributed by atoms with Crippen LogP contribution >= 0.6 is 0 Å². The summed E-state index contributed by atoms with van der Waals surface area (Å²) >= 11 is 0. The highest BCUT2D eigenvalue weighted by Gasteiger charge is 2.33. The van der Waals surface area contributed by atoms with Gasteiger partial charge in [0.05, 0.1) is 0 Å². The second kappa shape index (κ2) is 8.38. The summed E-state index contributed by atoms with van der Waals surface area (Å²) in [6, 6.07) is 0. The number of ether oxygens (including phenoxy) is 3. The SMILES string of the molecule is CCCCOC1C=C(O)OC(C)C1OCCCC. The van der Waals surface area contributed by atoms with E-state index in [0.717, 1.165) is 25.7 Å². The van der Waals surface area contributed by atoms with E-state index in [-0.39, 0.29) is 24.3 Å². The van der Waals surface area contributed by atoms with E-state index in [4.69, 9.17) is 14.2 Å². The van der Waals surface area contributed by atoms with Gasteiger partial charge in [-0.3, -0.25) is 0 Å². The minimum Gasteiger partial charge on any atom is -0.481 e. The Balaban J connectivity index is 2.51. The normalized spacial score (nSPS) is 27.7. The molecule has 1 rings (SSSR count). The van der Waals surface area contributed by atoms with Gasteiger partial charge in [0.25, 0.3) is 5.95 Å². The summed E-state index contributed by atoms with van der Waals surface area (Å²) in [5.41, 5.74) is 0. The second-order valence-electron chi connectivity index (χ2n) is 4.71. The molecule has 1 aliphatic heterocycles. The number of unbranched alkanes of at least 4 members (excludes halogenated alkanes) is 2. The van der Waals surface area contributed by atoms with E-state index in [1.54, 1.807) is 6.08 Å². The Morgan fingerprint density at radius 2 is 1.78 bits per heavy atom. The Morgan fingerprint density at radius 1 is 1.17 bits per heavy atom. The molecular weight excluding hydrogens is 232 g/mol. The Morgan fingerprint density at radius 3 is 2.39 bits per heavy atom. The number of rotatable bonds is 8. The van der Waals surface area contributed by atoms with Crippen molar-refractivity contribution in [3.8, 4) is 0 Å². The zero-order chi connectivity index (χ0) is 13.4. The third-order valence-corrected chi connectivity index (χ3v) is 3.02. The lowest BCUT2D eigenvalue weighted by molar-refractivity contribution is -0.139. The molecule has 0 radical (unpaired) electrons. The van der Waals surface area contributed by atoms with E-state index in [0.29, 0.717) is 13.2 Å². The van der Waals surface area contributed by atoms with Crippen molar-refractivity contribution >= 4 is 0 Å². The van der Waals surface area contributed by atoms with Gasteiger partial charge in [-0.15, -0.1) is 0 Å². The van der Waals surface area contributed by atoms with Crippen molar-refractivity contribution < 1.29 is 19.3 Å². The zero-order valence-electron chi connectivity index (χ0n) is 11.7. The Bertz CT molecular complexity index is 252. The molecule has 0 aromatic carbocycles. The molecule has 3 atom stereocenters. The van der Waals surface area contributed by atoms with E-state index < -0.39 is 0 Å². The highest BCUT2D eigenvalue weighted by molar-refractivity contribution is 5.01. The Hall–Kier alpha value is -0.740. The molecule has 0 aliphatic carbocycles. The van der Waals surface area contributed by atoms with Crippen molar-refractivity contribution in [3.05, 3.63) is 12.0 Å². The smallest absolute Gasteiger partial charge is 0.275 e. The molecule has 1 N–H and O–H groups in total. The van der Waals surface area contributed by atoms with Crippen LogP contribution < -0.4 is 0 Å². The minimum atomic E-state index is -0.211. The van der Waals surface area contributed by atoms with Crippen LogP contribution in [0.15, 0.2) is 12.0 Å². The third kappa shape index (κ3) is 4.86. The molecule has 0 amide bonds. The Labute approximate surface area is 110 Å². The van der Waals surface area contributed by atoms with Crippen molar-refractivity contribution in [1.82, 2.24) is 0 Å². The van der Waals surface area contributed by atoms with Crippen molar-refractivity contribution in [1.29, 1.82) is 0 Å². The maximum Gasteiger partial charge on any atom is 0.275 e. The quantitative estimate of drug-likeness (QED) is 0.679. The van der Waals surface area contributed by atoms with Crippen molar-refractivity contribution in [3.63, 3.8) is 0 Å². The molecule has 0 aromatic heterocycles. The molecule has 3 unspecified atom stereocenters. The van der Waals surface area contributed by atoms with Crippen molar-refractivity contribution in [2.45, 2.75) is 64.8 Å². The highest BCUT2D eigenvalue weighted by Crippen LogP contribution is 2.22. The topological polar surface area (TPSA) is 47.9 Å². The maximum absolute atomic E-state index is 9.50. The van der Waals surface area contributed by atoms with Crippen LogP contribution in [-0.4, -0.2) is 36.6 Å². The van der Waals surface area contributed by atoms with Crippen LogP contribution in [0.2, 0.25) is 0 Å². The van der Waals surface area contributed by atoms with Gasteiger partial charge in [-0.2, -0.15) is 0 Å². The van der Waals surface area contributed by atoms with Crippen molar-refractivity contribution in [2.75, 3.05) is 13.2 Å². The van der Waals surface area contributed by atoms with Crippen LogP contribution in [0.4, 0.5) is 0 Å². The monoisotopic (exact) mass is 258 g/mol. The number of hydrogen-bond acceptors (Lipinski definition) is 4. The van der Waals surface area contributed by atoms with Gasteiger partial charge < -0.3 is 19.3 Å². The maximum atomic E-state index is 9.50. The van der Waals surface area contributed by atoms with Gasteiger partial charge in [0.15, 0.2) is 0 Å². The van der Waals surface area contributed by atoms with Gasteiger partial charge in [-0.1, -0.05) is 26.7 Å². The highest BCUT2D eigenvalue weighted by atomic mass is 16.6. The minimum absolute atomic E-state index is 0.0562. The first-order valence-electron chi connectivity index (χ1n) is 6.99. The van der Waals surface area contributed by atoms with E-state index in [2.05, 4.69) is 13.8 Å². The van der Waals surface area contributed by atoms with Crippen LogP contribution in [0.25, 0.3) is 0 Å². The molecule has 1 heterocycles. The summed E-state index contributed by atoms with van der Waals surface area (Å²) in [5, 5.41) is 9.50. The predicted octanol–water partition coefficient (Wildman–Crippen LogP) is 3.18. The average molecular weight is 258 g/mol. The first-order valence-corrected chi connectivity index (χ1v) is 6.99. The van der Waals surface area contributed by atoms with Gasteiger partial charge in [0.2, 0.25) is 0 Å². The average Bonchev–Trinajstić information content (AvgIpc) is 2.32. The predicted molar refractivity (Wildman–Crippen MR) is 70.6 cm³/mol. The van der Waals surface area contributed by atoms with Gasteiger partial charge in [0.1, 0.15) is 18.3 Å². The lowest BCUT2D eigenvalue weighted by Crippen LogP contribution is -2.43. The van der Waals surface area contributed by atoms with Crippen LogP contribution in [0, 0.1) is 0 Å². The molecule has 0 aromatic rings. The van der Waals surface area contributed by atoms with Crippen molar-refractivity contribution in [2.24, 2.45) is 0 Å². The lowest BCUT2D eigenvalue weighted by atomic mass is 10.1. The second-order valence-corrected chi connectivity index (χ2v) is 4.71. The van der Waals surface area contributed by atoms with Crippen LogP contribution in [0.5, 0.6) is 0 Å². The number of aliphatic hydroxyl groups is 1. The van der Waals surface area contributed by atoms with Gasteiger partial charge in [-0.25, -0.2) is 0 Å². The first kappa shape index (κ1) is 15.3. The molecule has 4 heteroatoms. The van der Waals surface area contributed by atoms with Crippen LogP contribution in [0.1, 0.15) is 46.5 Å². The molecule has 0 saturated carbocycles. The first-order chi connectivity index (χ1) is 8.69. The van der Waals surface area contributed by atoms with Gasteiger partial charge >= 0.3 is 0 Å². The third-order valence-electron chi connectivity index (χ3n) is 3.02.